The van der Waals surface area contributed by atoms with E-state index in [1.807, 2.05) is 0 Å². The first-order valence-electron chi connectivity index (χ1n) is 7.91. The number of fused-ring (bicyclic) bond motifs is 1. The SMILES string of the molecule is CC1CC2C(=O)N(CC(=O)N3CCCNCC3)C(=O)C2C1. The molecule has 3 rings (SSSR count). The fourth-order valence-electron chi connectivity index (χ4n) is 3.83. The smallest absolute Gasteiger partial charge is 0.242 e. The molecule has 2 saturated heterocycles. The van der Waals surface area contributed by atoms with E-state index in [0.717, 1.165) is 32.4 Å². The summed E-state index contributed by atoms with van der Waals surface area (Å²) in [5.74, 6) is -0.278. The minimum atomic E-state index is -0.175. The molecule has 0 bridgehead atoms. The van der Waals surface area contributed by atoms with Crippen LogP contribution in [-0.4, -0.2) is 60.2 Å². The fourth-order valence-corrected chi connectivity index (χ4v) is 3.83. The van der Waals surface area contributed by atoms with Crippen LogP contribution in [-0.2, 0) is 14.4 Å². The number of hydrogen-bond acceptors (Lipinski definition) is 4. The summed E-state index contributed by atoms with van der Waals surface area (Å²) in [7, 11) is 0. The van der Waals surface area contributed by atoms with Crippen molar-refractivity contribution >= 4 is 17.7 Å². The van der Waals surface area contributed by atoms with E-state index in [2.05, 4.69) is 12.2 Å². The summed E-state index contributed by atoms with van der Waals surface area (Å²) in [5.41, 5.74) is 0. The maximum Gasteiger partial charge on any atom is 0.242 e. The van der Waals surface area contributed by atoms with Crippen molar-refractivity contribution in [2.75, 3.05) is 32.7 Å². The average Bonchev–Trinajstić information content (AvgIpc) is 2.80. The van der Waals surface area contributed by atoms with Gasteiger partial charge in [-0.1, -0.05) is 6.92 Å². The molecule has 2 unspecified atom stereocenters. The van der Waals surface area contributed by atoms with Crippen molar-refractivity contribution in [3.05, 3.63) is 0 Å². The van der Waals surface area contributed by atoms with Crippen LogP contribution in [0, 0.1) is 17.8 Å². The van der Waals surface area contributed by atoms with Crippen molar-refractivity contribution in [1.29, 1.82) is 0 Å². The largest absolute Gasteiger partial charge is 0.340 e. The van der Waals surface area contributed by atoms with Crippen LogP contribution >= 0.6 is 0 Å². The monoisotopic (exact) mass is 293 g/mol. The Hall–Kier alpha value is -1.43. The zero-order chi connectivity index (χ0) is 15.0. The summed E-state index contributed by atoms with van der Waals surface area (Å²) in [6.45, 7) is 5.05. The number of likely N-dealkylation sites (tertiary alicyclic amines) is 1. The molecule has 0 aromatic carbocycles. The van der Waals surface area contributed by atoms with E-state index in [9.17, 15) is 14.4 Å². The Labute approximate surface area is 124 Å². The molecule has 21 heavy (non-hydrogen) atoms. The van der Waals surface area contributed by atoms with Gasteiger partial charge in [-0.05, 0) is 31.7 Å². The number of carbonyl (C=O) groups excluding carboxylic acids is 3. The quantitative estimate of drug-likeness (QED) is 0.718. The summed E-state index contributed by atoms with van der Waals surface area (Å²) >= 11 is 0. The molecule has 0 radical (unpaired) electrons. The fraction of sp³-hybridized carbons (Fsp3) is 0.800. The Morgan fingerprint density at radius 1 is 1.14 bits per heavy atom. The highest BCUT2D eigenvalue weighted by Crippen LogP contribution is 2.42. The van der Waals surface area contributed by atoms with E-state index in [1.54, 1.807) is 4.90 Å². The van der Waals surface area contributed by atoms with Gasteiger partial charge >= 0.3 is 0 Å². The second kappa shape index (κ2) is 5.75. The molecule has 1 saturated carbocycles. The Balaban J connectivity index is 1.64. The summed E-state index contributed by atoms with van der Waals surface area (Å²) in [6.07, 6.45) is 2.48. The molecular weight excluding hydrogens is 270 g/mol. The molecule has 116 valence electrons. The summed E-state index contributed by atoms with van der Waals surface area (Å²) in [5, 5.41) is 3.24. The van der Waals surface area contributed by atoms with E-state index in [4.69, 9.17) is 0 Å². The van der Waals surface area contributed by atoms with Crippen LogP contribution < -0.4 is 5.32 Å². The van der Waals surface area contributed by atoms with Crippen molar-refractivity contribution in [2.24, 2.45) is 17.8 Å². The predicted octanol–water partition coefficient (Wildman–Crippen LogP) is -0.161. The first-order valence-corrected chi connectivity index (χ1v) is 7.91. The molecule has 0 aromatic heterocycles. The summed E-state index contributed by atoms with van der Waals surface area (Å²) in [6, 6.07) is 0. The molecular formula is C15H23N3O3. The van der Waals surface area contributed by atoms with E-state index in [1.165, 1.54) is 4.90 Å². The van der Waals surface area contributed by atoms with Crippen LogP contribution in [0.25, 0.3) is 0 Å². The van der Waals surface area contributed by atoms with Crippen molar-refractivity contribution in [3.8, 4) is 0 Å². The number of hydrogen-bond donors (Lipinski definition) is 1. The number of rotatable bonds is 2. The zero-order valence-corrected chi connectivity index (χ0v) is 12.5. The van der Waals surface area contributed by atoms with E-state index in [0.29, 0.717) is 19.0 Å². The van der Waals surface area contributed by atoms with Crippen LogP contribution in [0.5, 0.6) is 0 Å². The number of amides is 3. The van der Waals surface area contributed by atoms with Gasteiger partial charge in [0.05, 0.1) is 11.8 Å². The second-order valence-electron chi connectivity index (χ2n) is 6.54. The number of nitrogens with one attached hydrogen (secondary N) is 1. The lowest BCUT2D eigenvalue weighted by Crippen LogP contribution is -2.44. The molecule has 6 nitrogen and oxygen atoms in total. The van der Waals surface area contributed by atoms with Gasteiger partial charge in [0.25, 0.3) is 0 Å². The lowest BCUT2D eigenvalue weighted by molar-refractivity contribution is -0.147. The highest BCUT2D eigenvalue weighted by Gasteiger charge is 2.52. The maximum atomic E-state index is 12.4. The van der Waals surface area contributed by atoms with Gasteiger partial charge in [-0.2, -0.15) is 0 Å². The van der Waals surface area contributed by atoms with Crippen LogP contribution in [0.15, 0.2) is 0 Å². The highest BCUT2D eigenvalue weighted by molar-refractivity contribution is 6.07. The molecule has 1 N–H and O–H groups in total. The van der Waals surface area contributed by atoms with Gasteiger partial charge in [-0.15, -0.1) is 0 Å². The Morgan fingerprint density at radius 2 is 1.81 bits per heavy atom. The van der Waals surface area contributed by atoms with Crippen molar-refractivity contribution in [1.82, 2.24) is 15.1 Å². The lowest BCUT2D eigenvalue weighted by atomic mass is 10.00. The molecule has 3 aliphatic rings. The van der Waals surface area contributed by atoms with Crippen molar-refractivity contribution in [2.45, 2.75) is 26.2 Å². The molecule has 3 amide bonds. The summed E-state index contributed by atoms with van der Waals surface area (Å²) < 4.78 is 0. The first kappa shape index (κ1) is 14.5. The molecule has 0 aromatic rings. The number of carbonyl (C=O) groups is 3. The minimum Gasteiger partial charge on any atom is -0.340 e. The highest BCUT2D eigenvalue weighted by atomic mass is 16.2. The van der Waals surface area contributed by atoms with Gasteiger partial charge in [-0.25, -0.2) is 0 Å². The second-order valence-corrected chi connectivity index (χ2v) is 6.54. The topological polar surface area (TPSA) is 69.7 Å². The lowest BCUT2D eigenvalue weighted by Gasteiger charge is -2.23. The van der Waals surface area contributed by atoms with E-state index >= 15 is 0 Å². The Bertz CT molecular complexity index is 433. The molecule has 0 spiro atoms. The molecule has 2 aliphatic heterocycles. The zero-order valence-electron chi connectivity index (χ0n) is 12.5. The molecule has 1 aliphatic carbocycles. The van der Waals surface area contributed by atoms with Crippen LogP contribution in [0.1, 0.15) is 26.2 Å². The summed E-state index contributed by atoms with van der Waals surface area (Å²) in [4.78, 5) is 40.0. The number of nitrogens with zero attached hydrogens (tertiary/aromatic N) is 2. The third kappa shape index (κ3) is 2.69. The average molecular weight is 293 g/mol. The molecule has 6 heteroatoms. The van der Waals surface area contributed by atoms with E-state index in [-0.39, 0.29) is 36.1 Å². The Kier molecular flexibility index (Phi) is 3.97. The van der Waals surface area contributed by atoms with E-state index < -0.39 is 0 Å². The van der Waals surface area contributed by atoms with Gasteiger partial charge in [-0.3, -0.25) is 19.3 Å². The predicted molar refractivity (Wildman–Crippen MR) is 76.2 cm³/mol. The van der Waals surface area contributed by atoms with Gasteiger partial charge < -0.3 is 10.2 Å². The molecule has 2 atom stereocenters. The standard InChI is InChI=1S/C15H23N3O3/c1-10-7-11-12(8-10)15(21)18(14(11)20)9-13(19)17-5-2-3-16-4-6-17/h10-12,16H,2-9H2,1H3. The van der Waals surface area contributed by atoms with Crippen molar-refractivity contribution < 1.29 is 14.4 Å². The first-order chi connectivity index (χ1) is 10.1. The van der Waals surface area contributed by atoms with Gasteiger partial charge in [0.15, 0.2) is 0 Å². The van der Waals surface area contributed by atoms with Gasteiger partial charge in [0.2, 0.25) is 17.7 Å². The normalized spacial score (nSPS) is 33.3. The maximum absolute atomic E-state index is 12.4. The third-order valence-corrected chi connectivity index (χ3v) is 4.95. The van der Waals surface area contributed by atoms with Gasteiger partial charge in [0.1, 0.15) is 6.54 Å². The Morgan fingerprint density at radius 3 is 2.48 bits per heavy atom. The minimum absolute atomic E-state index is 0.0704. The van der Waals surface area contributed by atoms with Crippen molar-refractivity contribution in [3.63, 3.8) is 0 Å². The van der Waals surface area contributed by atoms with Gasteiger partial charge in [0, 0.05) is 19.6 Å². The van der Waals surface area contributed by atoms with Crippen LogP contribution in [0.2, 0.25) is 0 Å². The van der Waals surface area contributed by atoms with Crippen LogP contribution in [0.3, 0.4) is 0 Å². The third-order valence-electron chi connectivity index (χ3n) is 4.95. The van der Waals surface area contributed by atoms with Crippen LogP contribution in [0.4, 0.5) is 0 Å². The molecule has 3 fully saturated rings. The molecule has 2 heterocycles. The number of imide groups is 1.